The summed E-state index contributed by atoms with van der Waals surface area (Å²) in [5.74, 6) is 0.676. The molecule has 5 heteroatoms. The van der Waals surface area contributed by atoms with Crippen molar-refractivity contribution in [3.05, 3.63) is 36.3 Å². The second-order valence-corrected chi connectivity index (χ2v) is 4.13. The predicted octanol–water partition coefficient (Wildman–Crippen LogP) is 1.85. The summed E-state index contributed by atoms with van der Waals surface area (Å²) in [4.78, 5) is 6.55. The van der Waals surface area contributed by atoms with Crippen LogP contribution in [0, 0.1) is 0 Å². The molecule has 0 saturated carbocycles. The fourth-order valence-electron chi connectivity index (χ4n) is 1.71. The van der Waals surface area contributed by atoms with Crippen LogP contribution in [0.3, 0.4) is 0 Å². The first-order valence-corrected chi connectivity index (χ1v) is 5.97. The fourth-order valence-corrected chi connectivity index (χ4v) is 1.71. The molecule has 0 spiro atoms. The van der Waals surface area contributed by atoms with E-state index in [0.717, 1.165) is 17.9 Å². The van der Waals surface area contributed by atoms with Crippen molar-refractivity contribution in [1.82, 2.24) is 14.8 Å². The molecule has 2 rings (SSSR count). The van der Waals surface area contributed by atoms with Gasteiger partial charge in [0.15, 0.2) is 0 Å². The maximum Gasteiger partial charge on any atom is 0.213 e. The Kier molecular flexibility index (Phi) is 3.82. The minimum Gasteiger partial charge on any atom is -0.478 e. The van der Waals surface area contributed by atoms with Crippen molar-refractivity contribution in [1.29, 1.82) is 0 Å². The topological polar surface area (TPSA) is 43.2 Å². The first-order chi connectivity index (χ1) is 8.69. The normalized spacial score (nSPS) is 10.4. The van der Waals surface area contributed by atoms with E-state index >= 15 is 0 Å². The molecule has 2 aromatic heterocycles. The van der Waals surface area contributed by atoms with Crippen LogP contribution in [-0.4, -0.2) is 28.4 Å². The van der Waals surface area contributed by atoms with E-state index in [2.05, 4.69) is 15.0 Å². The van der Waals surface area contributed by atoms with Crippen LogP contribution >= 0.6 is 0 Å². The highest BCUT2D eigenvalue weighted by atomic mass is 16.5. The molecule has 2 heterocycles. The minimum atomic E-state index is 0.634. The second kappa shape index (κ2) is 5.53. The Labute approximate surface area is 107 Å². The number of ether oxygens (including phenoxy) is 1. The molecule has 0 aliphatic carbocycles. The van der Waals surface area contributed by atoms with Gasteiger partial charge in [-0.25, -0.2) is 4.98 Å². The first-order valence-electron chi connectivity index (χ1n) is 5.97. The summed E-state index contributed by atoms with van der Waals surface area (Å²) in [6.07, 6.45) is 3.82. The summed E-state index contributed by atoms with van der Waals surface area (Å²) in [7, 11) is 3.93. The zero-order chi connectivity index (χ0) is 13.0. The summed E-state index contributed by atoms with van der Waals surface area (Å²) >= 11 is 0. The van der Waals surface area contributed by atoms with Gasteiger partial charge in [0.05, 0.1) is 30.7 Å². The van der Waals surface area contributed by atoms with E-state index in [4.69, 9.17) is 4.74 Å². The molecular weight excluding hydrogens is 228 g/mol. The van der Waals surface area contributed by atoms with Crippen molar-refractivity contribution in [2.24, 2.45) is 7.05 Å². The van der Waals surface area contributed by atoms with Crippen molar-refractivity contribution >= 4 is 5.69 Å². The molecule has 96 valence electrons. The third-order valence-corrected chi connectivity index (χ3v) is 2.60. The quantitative estimate of drug-likeness (QED) is 0.807. The Hall–Kier alpha value is -2.04. The van der Waals surface area contributed by atoms with Gasteiger partial charge in [-0.3, -0.25) is 4.68 Å². The van der Waals surface area contributed by atoms with Gasteiger partial charge in [-0.05, 0) is 13.0 Å². The molecule has 18 heavy (non-hydrogen) atoms. The molecule has 5 nitrogen and oxygen atoms in total. The minimum absolute atomic E-state index is 0.634. The van der Waals surface area contributed by atoms with Crippen LogP contribution in [0.1, 0.15) is 12.6 Å². The standard InChI is InChI=1S/C13H18N4O/c1-4-18-13-7-5-6-11(15-13)9-16(2)12-8-14-17(3)10-12/h5-8,10H,4,9H2,1-3H3. The lowest BCUT2D eigenvalue weighted by Crippen LogP contribution is -2.16. The Balaban J connectivity index is 2.06. The summed E-state index contributed by atoms with van der Waals surface area (Å²) in [6, 6.07) is 5.83. The lowest BCUT2D eigenvalue weighted by Gasteiger charge is -2.16. The molecule has 0 atom stereocenters. The number of anilines is 1. The molecule has 0 radical (unpaired) electrons. The van der Waals surface area contributed by atoms with Gasteiger partial charge in [-0.1, -0.05) is 6.07 Å². The van der Waals surface area contributed by atoms with Crippen molar-refractivity contribution < 1.29 is 4.74 Å². The van der Waals surface area contributed by atoms with Crippen LogP contribution in [0.4, 0.5) is 5.69 Å². The molecule has 0 unspecified atom stereocenters. The van der Waals surface area contributed by atoms with Gasteiger partial charge in [0.2, 0.25) is 5.88 Å². The van der Waals surface area contributed by atoms with E-state index in [1.807, 2.05) is 51.6 Å². The van der Waals surface area contributed by atoms with Crippen LogP contribution in [0.25, 0.3) is 0 Å². The fraction of sp³-hybridized carbons (Fsp3) is 0.385. The zero-order valence-corrected chi connectivity index (χ0v) is 11.0. The largest absolute Gasteiger partial charge is 0.478 e. The molecule has 2 aromatic rings. The van der Waals surface area contributed by atoms with Gasteiger partial charge in [-0.2, -0.15) is 5.10 Å². The average Bonchev–Trinajstić information content (AvgIpc) is 2.77. The predicted molar refractivity (Wildman–Crippen MR) is 70.7 cm³/mol. The Bertz CT molecular complexity index is 509. The third kappa shape index (κ3) is 3.00. The molecule has 0 saturated heterocycles. The van der Waals surface area contributed by atoms with Crippen molar-refractivity contribution in [2.75, 3.05) is 18.6 Å². The summed E-state index contributed by atoms with van der Waals surface area (Å²) < 4.78 is 7.18. The summed E-state index contributed by atoms with van der Waals surface area (Å²) in [6.45, 7) is 3.32. The third-order valence-electron chi connectivity index (χ3n) is 2.60. The van der Waals surface area contributed by atoms with Crippen LogP contribution in [0.15, 0.2) is 30.6 Å². The number of nitrogens with zero attached hydrogens (tertiary/aromatic N) is 4. The molecular formula is C13H18N4O. The Morgan fingerprint density at radius 1 is 1.39 bits per heavy atom. The molecule has 0 aliphatic heterocycles. The van der Waals surface area contributed by atoms with Crippen molar-refractivity contribution in [3.8, 4) is 5.88 Å². The van der Waals surface area contributed by atoms with Gasteiger partial charge in [0.25, 0.3) is 0 Å². The number of rotatable bonds is 5. The average molecular weight is 246 g/mol. The lowest BCUT2D eigenvalue weighted by atomic mass is 10.3. The van der Waals surface area contributed by atoms with E-state index in [1.54, 1.807) is 4.68 Å². The monoisotopic (exact) mass is 246 g/mol. The number of aromatic nitrogens is 3. The van der Waals surface area contributed by atoms with Gasteiger partial charge >= 0.3 is 0 Å². The molecule has 0 aliphatic rings. The number of aryl methyl sites for hydroxylation is 1. The number of hydrogen-bond acceptors (Lipinski definition) is 4. The molecule has 0 aromatic carbocycles. The number of pyridine rings is 1. The van der Waals surface area contributed by atoms with Gasteiger partial charge in [0.1, 0.15) is 0 Å². The Morgan fingerprint density at radius 3 is 2.89 bits per heavy atom. The van der Waals surface area contributed by atoms with Crippen LogP contribution < -0.4 is 9.64 Å². The van der Waals surface area contributed by atoms with E-state index in [1.165, 1.54) is 0 Å². The molecule has 0 amide bonds. The molecule has 0 bridgehead atoms. The van der Waals surface area contributed by atoms with Crippen molar-refractivity contribution in [3.63, 3.8) is 0 Å². The molecule has 0 N–H and O–H groups in total. The SMILES string of the molecule is CCOc1cccc(CN(C)c2cnn(C)c2)n1. The highest BCUT2D eigenvalue weighted by Gasteiger charge is 2.06. The van der Waals surface area contributed by atoms with Crippen LogP contribution in [0.2, 0.25) is 0 Å². The zero-order valence-electron chi connectivity index (χ0n) is 11.0. The smallest absolute Gasteiger partial charge is 0.213 e. The first kappa shape index (κ1) is 12.4. The summed E-state index contributed by atoms with van der Waals surface area (Å²) in [5.41, 5.74) is 2.05. The highest BCUT2D eigenvalue weighted by molar-refractivity contribution is 5.41. The second-order valence-electron chi connectivity index (χ2n) is 4.13. The van der Waals surface area contributed by atoms with Crippen molar-refractivity contribution in [2.45, 2.75) is 13.5 Å². The van der Waals surface area contributed by atoms with Crippen LogP contribution in [0.5, 0.6) is 5.88 Å². The van der Waals surface area contributed by atoms with Gasteiger partial charge in [0, 0.05) is 26.4 Å². The molecule has 0 fully saturated rings. The van der Waals surface area contributed by atoms with Gasteiger partial charge in [-0.15, -0.1) is 0 Å². The lowest BCUT2D eigenvalue weighted by molar-refractivity contribution is 0.326. The highest BCUT2D eigenvalue weighted by Crippen LogP contribution is 2.14. The van der Waals surface area contributed by atoms with E-state index in [-0.39, 0.29) is 0 Å². The number of hydrogen-bond donors (Lipinski definition) is 0. The van der Waals surface area contributed by atoms with E-state index in [0.29, 0.717) is 12.5 Å². The van der Waals surface area contributed by atoms with E-state index in [9.17, 15) is 0 Å². The van der Waals surface area contributed by atoms with Gasteiger partial charge < -0.3 is 9.64 Å². The van der Waals surface area contributed by atoms with Crippen LogP contribution in [-0.2, 0) is 13.6 Å². The maximum atomic E-state index is 5.39. The maximum absolute atomic E-state index is 5.39. The summed E-state index contributed by atoms with van der Waals surface area (Å²) in [5, 5.41) is 4.16. The van der Waals surface area contributed by atoms with E-state index < -0.39 is 0 Å². The Morgan fingerprint density at radius 2 is 2.22 bits per heavy atom.